The lowest BCUT2D eigenvalue weighted by atomic mass is 10.0. The first-order valence-electron chi connectivity index (χ1n) is 11.2. The van der Waals surface area contributed by atoms with Crippen molar-refractivity contribution in [3.05, 3.63) is 58.8 Å². The first-order chi connectivity index (χ1) is 16.9. The van der Waals surface area contributed by atoms with Crippen molar-refractivity contribution in [2.45, 2.75) is 32.0 Å². The van der Waals surface area contributed by atoms with Crippen molar-refractivity contribution in [1.82, 2.24) is 48.8 Å². The Kier molecular flexibility index (Phi) is 5.94. The van der Waals surface area contributed by atoms with Gasteiger partial charge in [-0.15, -0.1) is 0 Å². The van der Waals surface area contributed by atoms with Crippen LogP contribution in [-0.2, 0) is 27.2 Å². The minimum Gasteiger partial charge on any atom is -0.380 e. The first-order valence-corrected chi connectivity index (χ1v) is 11.2. The molecule has 35 heavy (non-hydrogen) atoms. The summed E-state index contributed by atoms with van der Waals surface area (Å²) in [5.41, 5.74) is 7.42. The lowest BCUT2D eigenvalue weighted by Crippen LogP contribution is -2.46. The number of aromatic nitrogens is 8. The molecule has 1 saturated heterocycles. The molecule has 0 unspecified atom stereocenters. The smallest absolute Gasteiger partial charge is 0.274 e. The predicted octanol–water partition coefficient (Wildman–Crippen LogP) is 0.444. The van der Waals surface area contributed by atoms with Gasteiger partial charge >= 0.3 is 0 Å². The van der Waals surface area contributed by atoms with E-state index in [1.807, 2.05) is 28.1 Å². The maximum Gasteiger partial charge on any atom is 0.274 e. The number of nitrogens with zero attached hydrogens (tertiary/aromatic N) is 11. The third-order valence-corrected chi connectivity index (χ3v) is 6.57. The molecule has 0 bridgehead atoms. The average Bonchev–Trinajstić information content (AvgIpc) is 3.52. The molecule has 0 amide bonds. The number of piperidine rings is 1. The second-order valence-electron chi connectivity index (χ2n) is 8.59. The van der Waals surface area contributed by atoms with Gasteiger partial charge in [0.1, 0.15) is 35.7 Å². The molecule has 0 aromatic rings. The summed E-state index contributed by atoms with van der Waals surface area (Å²) < 4.78 is 3.92. The van der Waals surface area contributed by atoms with E-state index in [1.54, 1.807) is 12.4 Å². The van der Waals surface area contributed by atoms with Crippen molar-refractivity contribution < 1.29 is 4.92 Å². The molecule has 0 aromatic carbocycles. The van der Waals surface area contributed by atoms with Crippen LogP contribution in [0.25, 0.3) is 23.0 Å². The molecule has 1 fully saturated rings. The number of nitro groups is 1. The van der Waals surface area contributed by atoms with E-state index in [9.17, 15) is 10.1 Å². The fourth-order valence-electron chi connectivity index (χ4n) is 4.58. The standard InChI is InChI=1S/C21H26N12O2/c1-29-18(23-7-15-20(29)27-12-25-15)10-32(11-19-24-8-16-21(30(19)2)28-13-26-16)14-3-5-31(6-4-14)17(22)9-33(34)35/h7-9,12-14H,3-6,10-11,22H2,1-2H3. The highest BCUT2D eigenvalue weighted by atomic mass is 16.6. The summed E-state index contributed by atoms with van der Waals surface area (Å²) in [5.74, 6) is 3.44. The fourth-order valence-corrected chi connectivity index (χ4v) is 4.58. The van der Waals surface area contributed by atoms with E-state index in [2.05, 4.69) is 34.8 Å². The second kappa shape index (κ2) is 9.21. The zero-order valence-corrected chi connectivity index (χ0v) is 19.5. The van der Waals surface area contributed by atoms with Gasteiger partial charge in [0.25, 0.3) is 6.20 Å². The maximum absolute atomic E-state index is 10.8. The van der Waals surface area contributed by atoms with Gasteiger partial charge in [-0.1, -0.05) is 0 Å². The van der Waals surface area contributed by atoms with Crippen LogP contribution in [0.5, 0.6) is 0 Å². The van der Waals surface area contributed by atoms with Gasteiger partial charge in [0.15, 0.2) is 17.5 Å². The molecule has 0 saturated carbocycles. The van der Waals surface area contributed by atoms with Crippen molar-refractivity contribution in [3.63, 3.8) is 0 Å². The Bertz CT molecular complexity index is 1230. The average molecular weight is 479 g/mol. The van der Waals surface area contributed by atoms with E-state index in [4.69, 9.17) is 5.73 Å². The Morgan fingerprint density at radius 2 is 1.51 bits per heavy atom. The van der Waals surface area contributed by atoms with E-state index in [0.29, 0.717) is 26.2 Å². The zero-order valence-electron chi connectivity index (χ0n) is 19.5. The Balaban J connectivity index is 1.42. The maximum atomic E-state index is 10.8. The van der Waals surface area contributed by atoms with Gasteiger partial charge in [-0.3, -0.25) is 15.0 Å². The summed E-state index contributed by atoms with van der Waals surface area (Å²) in [5, 5.41) is 10.8. The van der Waals surface area contributed by atoms with Gasteiger partial charge in [0.05, 0.1) is 30.4 Å². The van der Waals surface area contributed by atoms with Crippen LogP contribution in [-0.4, -0.2) is 72.9 Å². The zero-order chi connectivity index (χ0) is 24.5. The summed E-state index contributed by atoms with van der Waals surface area (Å²) in [6.45, 7) is 2.38. The Hall–Kier alpha value is -4.20. The van der Waals surface area contributed by atoms with E-state index >= 15 is 0 Å². The van der Waals surface area contributed by atoms with Gasteiger partial charge in [-0.25, -0.2) is 29.9 Å². The molecule has 182 valence electrons. The molecule has 0 spiro atoms. The molecular formula is C21H26N12O2. The largest absolute Gasteiger partial charge is 0.380 e. The highest BCUT2D eigenvalue weighted by Crippen LogP contribution is 2.25. The van der Waals surface area contributed by atoms with Crippen LogP contribution in [0.2, 0.25) is 0 Å². The van der Waals surface area contributed by atoms with Crippen molar-refractivity contribution in [2.75, 3.05) is 13.1 Å². The van der Waals surface area contributed by atoms with Gasteiger partial charge < -0.3 is 19.8 Å². The van der Waals surface area contributed by atoms with Crippen molar-refractivity contribution in [1.29, 1.82) is 0 Å². The lowest BCUT2D eigenvalue weighted by molar-refractivity contribution is -0.404. The van der Waals surface area contributed by atoms with Crippen molar-refractivity contribution in [3.8, 4) is 23.0 Å². The minimum atomic E-state index is -0.518. The Morgan fingerprint density at radius 1 is 1.00 bits per heavy atom. The molecule has 5 aliphatic heterocycles. The number of fused-ring (bicyclic) bond motifs is 2. The molecule has 0 radical (unpaired) electrons. The van der Waals surface area contributed by atoms with E-state index in [0.717, 1.165) is 53.7 Å². The Morgan fingerprint density at radius 3 is 2.00 bits per heavy atom. The van der Waals surface area contributed by atoms with Gasteiger partial charge in [-0.05, 0) is 12.8 Å². The number of nitrogens with two attached hydrogens (primary N) is 1. The predicted molar refractivity (Wildman–Crippen MR) is 124 cm³/mol. The third kappa shape index (κ3) is 4.47. The van der Waals surface area contributed by atoms with Crippen LogP contribution >= 0.6 is 0 Å². The molecular weight excluding hydrogens is 452 g/mol. The minimum absolute atomic E-state index is 0.182. The van der Waals surface area contributed by atoms with Gasteiger partial charge in [0, 0.05) is 33.2 Å². The summed E-state index contributed by atoms with van der Waals surface area (Å²) in [6.07, 6.45) is 8.99. The van der Waals surface area contributed by atoms with Crippen LogP contribution < -0.4 is 5.73 Å². The highest BCUT2D eigenvalue weighted by Gasteiger charge is 2.28. The topological polar surface area (TPSA) is 163 Å². The number of hydrogen-bond acceptors (Lipinski definition) is 11. The summed E-state index contributed by atoms with van der Waals surface area (Å²) >= 11 is 0. The fraction of sp³-hybridized carbons (Fsp3) is 0.429. The SMILES string of the molecule is Cn1c(CN(Cc2ncc3ncnc-3n2C)C2CCN(C(N)=C[N+](=O)[O-])CC2)ncc2ncnc1-2. The Labute approximate surface area is 201 Å². The quantitative estimate of drug-likeness (QED) is 0.290. The molecule has 5 aliphatic rings. The third-order valence-electron chi connectivity index (χ3n) is 6.57. The van der Waals surface area contributed by atoms with Crippen LogP contribution in [0, 0.1) is 10.1 Å². The first kappa shape index (κ1) is 22.6. The van der Waals surface area contributed by atoms with Crippen LogP contribution in [0.1, 0.15) is 24.5 Å². The molecule has 5 heterocycles. The van der Waals surface area contributed by atoms with Crippen LogP contribution in [0.4, 0.5) is 0 Å². The molecule has 14 nitrogen and oxygen atoms in total. The second-order valence-corrected chi connectivity index (χ2v) is 8.59. The number of likely N-dealkylation sites (tertiary alicyclic amines) is 1. The summed E-state index contributed by atoms with van der Waals surface area (Å²) in [6, 6.07) is 0.196. The van der Waals surface area contributed by atoms with E-state index in [-0.39, 0.29) is 11.9 Å². The number of rotatable bonds is 7. The van der Waals surface area contributed by atoms with E-state index in [1.165, 1.54) is 12.7 Å². The lowest BCUT2D eigenvalue weighted by Gasteiger charge is -2.39. The normalized spacial score (nSPS) is 15.5. The molecule has 0 aliphatic carbocycles. The highest BCUT2D eigenvalue weighted by molar-refractivity contribution is 5.50. The monoisotopic (exact) mass is 478 g/mol. The molecule has 0 atom stereocenters. The van der Waals surface area contributed by atoms with Gasteiger partial charge in [-0.2, -0.15) is 0 Å². The van der Waals surface area contributed by atoms with E-state index < -0.39 is 4.92 Å². The van der Waals surface area contributed by atoms with Gasteiger partial charge in [0.2, 0.25) is 0 Å². The molecule has 5 rings (SSSR count). The molecule has 0 aromatic heterocycles. The van der Waals surface area contributed by atoms with Crippen molar-refractivity contribution >= 4 is 0 Å². The van der Waals surface area contributed by atoms with Crippen LogP contribution in [0.3, 0.4) is 0 Å². The van der Waals surface area contributed by atoms with Crippen molar-refractivity contribution in [2.24, 2.45) is 19.8 Å². The number of hydrogen-bond donors (Lipinski definition) is 1. The summed E-state index contributed by atoms with van der Waals surface area (Å²) in [7, 11) is 3.88. The summed E-state index contributed by atoms with van der Waals surface area (Å²) in [4.78, 5) is 41.0. The van der Waals surface area contributed by atoms with Crippen LogP contribution in [0.15, 0.2) is 37.1 Å². The molecule has 14 heteroatoms. The number of imidazole rings is 2. The molecule has 2 N–H and O–H groups in total.